The molecular weight excluding hydrogens is 349 g/mol. The van der Waals surface area contributed by atoms with E-state index in [9.17, 15) is 14.0 Å². The first kappa shape index (κ1) is 16.3. The highest BCUT2D eigenvalue weighted by molar-refractivity contribution is 8.26. The lowest BCUT2D eigenvalue weighted by atomic mass is 10.2. The lowest BCUT2D eigenvalue weighted by Gasteiger charge is -2.15. The number of halogens is 1. The summed E-state index contributed by atoms with van der Waals surface area (Å²) in [5, 5.41) is 1.02. The van der Waals surface area contributed by atoms with Crippen LogP contribution >= 0.6 is 24.0 Å². The summed E-state index contributed by atoms with van der Waals surface area (Å²) in [6.45, 7) is 0. The Bertz CT molecular complexity index is 838. The molecule has 2 heterocycles. The van der Waals surface area contributed by atoms with E-state index in [0.717, 1.165) is 16.8 Å². The van der Waals surface area contributed by atoms with Crippen LogP contribution in [-0.2, 0) is 4.79 Å². The molecule has 1 aromatic carbocycles. The zero-order chi connectivity index (χ0) is 17.1. The van der Waals surface area contributed by atoms with Gasteiger partial charge in [-0.2, -0.15) is 5.01 Å². The van der Waals surface area contributed by atoms with Gasteiger partial charge >= 0.3 is 0 Å². The van der Waals surface area contributed by atoms with Gasteiger partial charge in [0.25, 0.3) is 11.8 Å². The van der Waals surface area contributed by atoms with Crippen molar-refractivity contribution in [1.29, 1.82) is 0 Å². The minimum Gasteiger partial charge on any atom is -0.267 e. The number of nitrogens with one attached hydrogen (secondary N) is 1. The molecule has 0 radical (unpaired) electrons. The quantitative estimate of drug-likeness (QED) is 0.674. The summed E-state index contributed by atoms with van der Waals surface area (Å²) in [5.74, 6) is -1.28. The van der Waals surface area contributed by atoms with Gasteiger partial charge in [0.1, 0.15) is 5.82 Å². The number of thiocarbonyl (C=S) groups is 1. The molecule has 2 amide bonds. The van der Waals surface area contributed by atoms with Gasteiger partial charge in [0.05, 0.1) is 10.5 Å². The Balaban J connectivity index is 1.77. The van der Waals surface area contributed by atoms with Gasteiger partial charge in [-0.25, -0.2) is 4.39 Å². The van der Waals surface area contributed by atoms with Crippen molar-refractivity contribution in [3.8, 4) is 0 Å². The molecule has 8 heteroatoms. The summed E-state index contributed by atoms with van der Waals surface area (Å²) < 4.78 is 13.1. The monoisotopic (exact) mass is 359 g/mol. The third-order valence-corrected chi connectivity index (χ3v) is 4.40. The second-order valence-electron chi connectivity index (χ2n) is 4.75. The molecule has 0 unspecified atom stereocenters. The van der Waals surface area contributed by atoms with E-state index in [1.807, 2.05) is 0 Å². The number of nitrogens with zero attached hydrogens (tertiary/aromatic N) is 2. The predicted octanol–water partition coefficient (Wildman–Crippen LogP) is 2.77. The first-order chi connectivity index (χ1) is 11.5. The first-order valence-electron chi connectivity index (χ1n) is 6.79. The fraction of sp³-hybridized carbons (Fsp3) is 0. The lowest BCUT2D eigenvalue weighted by Crippen LogP contribution is -2.44. The number of thioether (sulfide) groups is 1. The molecule has 0 saturated carbocycles. The summed E-state index contributed by atoms with van der Waals surface area (Å²) in [6, 6.07) is 8.90. The third kappa shape index (κ3) is 3.50. The van der Waals surface area contributed by atoms with E-state index in [2.05, 4.69) is 10.4 Å². The minimum absolute atomic E-state index is 0.214. The molecule has 1 aromatic heterocycles. The molecule has 1 N–H and O–H groups in total. The Labute approximate surface area is 146 Å². The van der Waals surface area contributed by atoms with Crippen LogP contribution in [-0.4, -0.2) is 26.1 Å². The highest BCUT2D eigenvalue weighted by atomic mass is 32.2. The van der Waals surface area contributed by atoms with E-state index in [1.54, 1.807) is 36.5 Å². The van der Waals surface area contributed by atoms with E-state index >= 15 is 0 Å². The first-order valence-corrected chi connectivity index (χ1v) is 8.01. The predicted molar refractivity (Wildman–Crippen MR) is 93.1 cm³/mol. The van der Waals surface area contributed by atoms with Crippen molar-refractivity contribution in [2.45, 2.75) is 0 Å². The Hall–Kier alpha value is -2.58. The summed E-state index contributed by atoms with van der Waals surface area (Å²) in [4.78, 5) is 28.7. The van der Waals surface area contributed by atoms with Crippen molar-refractivity contribution in [3.63, 3.8) is 0 Å². The number of amides is 2. The average Bonchev–Trinajstić information content (AvgIpc) is 2.85. The second kappa shape index (κ2) is 6.90. The SMILES string of the molecule is O=C(NN1C(=O)/C(=C/c2ccc(F)cc2)SC1=S)c1cccnc1. The number of rotatable bonds is 3. The van der Waals surface area contributed by atoms with Crippen molar-refractivity contribution in [1.82, 2.24) is 15.4 Å². The normalized spacial score (nSPS) is 15.9. The molecule has 1 aliphatic rings. The number of hydrazine groups is 1. The van der Waals surface area contributed by atoms with E-state index in [1.165, 1.54) is 18.3 Å². The van der Waals surface area contributed by atoms with Crippen LogP contribution in [0.2, 0.25) is 0 Å². The zero-order valence-electron chi connectivity index (χ0n) is 12.1. The van der Waals surface area contributed by atoms with Crippen LogP contribution in [0, 0.1) is 5.82 Å². The highest BCUT2D eigenvalue weighted by Crippen LogP contribution is 2.31. The molecule has 24 heavy (non-hydrogen) atoms. The van der Waals surface area contributed by atoms with Gasteiger partial charge in [-0.05, 0) is 48.1 Å². The van der Waals surface area contributed by atoms with Gasteiger partial charge in [-0.3, -0.25) is 20.0 Å². The van der Waals surface area contributed by atoms with Crippen molar-refractivity contribution >= 4 is 46.2 Å². The van der Waals surface area contributed by atoms with Crippen LogP contribution in [0.4, 0.5) is 4.39 Å². The molecule has 0 aliphatic carbocycles. The fourth-order valence-corrected chi connectivity index (χ4v) is 3.12. The van der Waals surface area contributed by atoms with E-state index in [4.69, 9.17) is 12.2 Å². The molecule has 0 atom stereocenters. The maximum Gasteiger partial charge on any atom is 0.285 e. The molecule has 1 fully saturated rings. The summed E-state index contributed by atoms with van der Waals surface area (Å²) in [5.41, 5.74) is 3.44. The smallest absolute Gasteiger partial charge is 0.267 e. The zero-order valence-corrected chi connectivity index (χ0v) is 13.7. The van der Waals surface area contributed by atoms with Gasteiger partial charge in [0.15, 0.2) is 4.32 Å². The van der Waals surface area contributed by atoms with E-state index in [0.29, 0.717) is 16.0 Å². The number of carbonyl (C=O) groups is 2. The van der Waals surface area contributed by atoms with E-state index < -0.39 is 11.8 Å². The highest BCUT2D eigenvalue weighted by Gasteiger charge is 2.33. The molecular formula is C16H10FN3O2S2. The molecule has 5 nitrogen and oxygen atoms in total. The van der Waals surface area contributed by atoms with Crippen LogP contribution < -0.4 is 5.43 Å². The molecule has 1 saturated heterocycles. The Morgan fingerprint density at radius 1 is 1.29 bits per heavy atom. The fourth-order valence-electron chi connectivity index (χ4n) is 1.94. The number of aromatic nitrogens is 1. The molecule has 1 aliphatic heterocycles. The van der Waals surface area contributed by atoms with Gasteiger partial charge in [-0.15, -0.1) is 0 Å². The molecule has 120 valence electrons. The summed E-state index contributed by atoms with van der Waals surface area (Å²) >= 11 is 6.20. The number of carbonyl (C=O) groups excluding carboxylic acids is 2. The number of pyridine rings is 1. The number of hydrogen-bond donors (Lipinski definition) is 1. The standard InChI is InChI=1S/C16H10FN3O2S2/c17-12-5-3-10(4-6-12)8-13-15(22)20(16(23)24-13)19-14(21)11-2-1-7-18-9-11/h1-9H,(H,19,21)/b13-8-. The maximum atomic E-state index is 12.9. The van der Waals surface area contributed by atoms with Crippen LogP contribution in [0.5, 0.6) is 0 Å². The van der Waals surface area contributed by atoms with Crippen molar-refractivity contribution in [2.24, 2.45) is 0 Å². The van der Waals surface area contributed by atoms with Gasteiger partial charge < -0.3 is 0 Å². The maximum absolute atomic E-state index is 12.9. The van der Waals surface area contributed by atoms with Gasteiger partial charge in [-0.1, -0.05) is 23.9 Å². The molecule has 0 bridgehead atoms. The average molecular weight is 359 g/mol. The van der Waals surface area contributed by atoms with Crippen LogP contribution in [0.1, 0.15) is 15.9 Å². The van der Waals surface area contributed by atoms with Crippen molar-refractivity contribution in [2.75, 3.05) is 0 Å². The third-order valence-electron chi connectivity index (χ3n) is 3.10. The number of hydrogen-bond acceptors (Lipinski definition) is 5. The molecule has 2 aromatic rings. The van der Waals surface area contributed by atoms with Crippen LogP contribution in [0.3, 0.4) is 0 Å². The Morgan fingerprint density at radius 2 is 2.04 bits per heavy atom. The van der Waals surface area contributed by atoms with E-state index in [-0.39, 0.29) is 10.1 Å². The van der Waals surface area contributed by atoms with Gasteiger partial charge in [0.2, 0.25) is 0 Å². The van der Waals surface area contributed by atoms with Crippen molar-refractivity contribution < 1.29 is 14.0 Å². The largest absolute Gasteiger partial charge is 0.285 e. The molecule has 0 spiro atoms. The van der Waals surface area contributed by atoms with Crippen LogP contribution in [0.15, 0.2) is 53.7 Å². The van der Waals surface area contributed by atoms with Gasteiger partial charge in [0, 0.05) is 12.4 Å². The Morgan fingerprint density at radius 3 is 2.71 bits per heavy atom. The summed E-state index contributed by atoms with van der Waals surface area (Å²) in [7, 11) is 0. The Kier molecular flexibility index (Phi) is 4.68. The van der Waals surface area contributed by atoms with Crippen molar-refractivity contribution in [3.05, 3.63) is 70.6 Å². The second-order valence-corrected chi connectivity index (χ2v) is 6.43. The lowest BCUT2D eigenvalue weighted by molar-refractivity contribution is -0.123. The minimum atomic E-state index is -0.484. The topological polar surface area (TPSA) is 62.3 Å². The summed E-state index contributed by atoms with van der Waals surface area (Å²) in [6.07, 6.45) is 4.53. The number of benzene rings is 1. The molecule has 3 rings (SSSR count). The van der Waals surface area contributed by atoms with Crippen LogP contribution in [0.25, 0.3) is 6.08 Å².